The largest absolute Gasteiger partial charge is 0.493 e. The van der Waals surface area contributed by atoms with Gasteiger partial charge in [-0.2, -0.15) is 4.98 Å². The summed E-state index contributed by atoms with van der Waals surface area (Å²) in [5.41, 5.74) is 0.728. The zero-order valence-corrected chi connectivity index (χ0v) is 19.4. The van der Waals surface area contributed by atoms with E-state index in [1.807, 2.05) is 18.2 Å². The maximum atomic E-state index is 12.9. The number of aliphatic hydroxyl groups is 1. The summed E-state index contributed by atoms with van der Waals surface area (Å²) in [5, 5.41) is 10.3. The zero-order valence-electron chi connectivity index (χ0n) is 18.5. The molecule has 0 atom stereocenters. The van der Waals surface area contributed by atoms with Gasteiger partial charge in [-0.1, -0.05) is 42.5 Å². The molecule has 34 heavy (non-hydrogen) atoms. The molecule has 0 bridgehead atoms. The Balaban J connectivity index is 1.74. The van der Waals surface area contributed by atoms with Crippen LogP contribution in [0.1, 0.15) is 30.1 Å². The van der Waals surface area contributed by atoms with Crippen molar-refractivity contribution in [2.45, 2.75) is 18.8 Å². The van der Waals surface area contributed by atoms with Crippen LogP contribution < -0.4 is 18.9 Å². The van der Waals surface area contributed by atoms with Gasteiger partial charge in [0, 0.05) is 5.92 Å². The Bertz CT molecular complexity index is 1260. The Morgan fingerprint density at radius 2 is 1.76 bits per heavy atom. The third-order valence-corrected chi connectivity index (χ3v) is 5.86. The van der Waals surface area contributed by atoms with Gasteiger partial charge in [0.2, 0.25) is 5.75 Å². The number of nitrogens with zero attached hydrogens (tertiary/aromatic N) is 2. The number of nitrogens with one attached hydrogen (secondary N) is 1. The number of hydrogen-bond donors (Lipinski definition) is 2. The number of hydrogen-bond acceptors (Lipinski definition) is 8. The van der Waals surface area contributed by atoms with Crippen molar-refractivity contribution >= 4 is 21.9 Å². The number of para-hydroxylation sites is 2. The average molecular weight is 484 g/mol. The number of rotatable bonds is 11. The molecule has 10 heteroatoms. The summed E-state index contributed by atoms with van der Waals surface area (Å²) in [7, 11) is -2.46. The average Bonchev–Trinajstić information content (AvgIpc) is 3.69. The fourth-order valence-electron chi connectivity index (χ4n) is 3.09. The molecule has 0 unspecified atom stereocenters. The molecule has 1 aliphatic carbocycles. The predicted octanol–water partition coefficient (Wildman–Crippen LogP) is 3.94. The minimum Gasteiger partial charge on any atom is -0.493 e. The van der Waals surface area contributed by atoms with Gasteiger partial charge in [-0.25, -0.2) is 13.4 Å². The maximum Gasteiger partial charge on any atom is 0.263 e. The first-order valence-corrected chi connectivity index (χ1v) is 12.3. The van der Waals surface area contributed by atoms with E-state index in [9.17, 15) is 13.5 Å². The highest BCUT2D eigenvalue weighted by molar-refractivity contribution is 7.95. The number of aromatic nitrogens is 2. The molecule has 1 aromatic heterocycles. The lowest BCUT2D eigenvalue weighted by molar-refractivity contribution is 0.192. The first kappa shape index (κ1) is 23.5. The van der Waals surface area contributed by atoms with E-state index in [1.54, 1.807) is 36.4 Å². The fourth-order valence-corrected chi connectivity index (χ4v) is 3.90. The minimum absolute atomic E-state index is 0.0287. The first-order valence-electron chi connectivity index (χ1n) is 10.7. The number of anilines is 1. The minimum atomic E-state index is -3.96. The molecule has 9 nitrogen and oxygen atoms in total. The zero-order chi connectivity index (χ0) is 24.0. The van der Waals surface area contributed by atoms with Crippen molar-refractivity contribution in [2.75, 3.05) is 25.0 Å². The van der Waals surface area contributed by atoms with E-state index < -0.39 is 10.0 Å². The molecule has 178 valence electrons. The second-order valence-corrected chi connectivity index (χ2v) is 9.09. The van der Waals surface area contributed by atoms with Crippen LogP contribution in [0.3, 0.4) is 0 Å². The molecule has 0 radical (unpaired) electrons. The summed E-state index contributed by atoms with van der Waals surface area (Å²) in [6.07, 6.45) is 3.27. The molecule has 2 N–H and O–H groups in total. The van der Waals surface area contributed by atoms with Crippen molar-refractivity contribution in [3.05, 3.63) is 71.4 Å². The highest BCUT2D eigenvalue weighted by atomic mass is 32.2. The molecule has 4 rings (SSSR count). The van der Waals surface area contributed by atoms with Crippen LogP contribution in [0.15, 0.2) is 60.0 Å². The second-order valence-electron chi connectivity index (χ2n) is 7.52. The summed E-state index contributed by atoms with van der Waals surface area (Å²) in [5.74, 6) is 1.25. The molecule has 1 aliphatic rings. The molecule has 1 saturated carbocycles. The van der Waals surface area contributed by atoms with Crippen molar-refractivity contribution in [2.24, 2.45) is 0 Å². The van der Waals surface area contributed by atoms with E-state index in [0.29, 0.717) is 17.3 Å². The summed E-state index contributed by atoms with van der Waals surface area (Å²) >= 11 is 0. The van der Waals surface area contributed by atoms with Gasteiger partial charge in [-0.15, -0.1) is 0 Å². The van der Waals surface area contributed by atoms with E-state index in [4.69, 9.17) is 14.2 Å². The molecule has 0 spiro atoms. The number of ether oxygens (including phenoxy) is 3. The van der Waals surface area contributed by atoms with Crippen LogP contribution in [0.5, 0.6) is 23.1 Å². The van der Waals surface area contributed by atoms with E-state index in [2.05, 4.69) is 14.7 Å². The number of methoxy groups -OCH3 is 1. The van der Waals surface area contributed by atoms with E-state index >= 15 is 0 Å². The summed E-state index contributed by atoms with van der Waals surface area (Å²) in [6, 6.07) is 16.0. The maximum absolute atomic E-state index is 12.9. The highest BCUT2D eigenvalue weighted by Crippen LogP contribution is 2.44. The Labute approximate surface area is 198 Å². The van der Waals surface area contributed by atoms with E-state index in [-0.39, 0.29) is 36.6 Å². The van der Waals surface area contributed by atoms with Gasteiger partial charge in [0.25, 0.3) is 15.9 Å². The van der Waals surface area contributed by atoms with Crippen LogP contribution in [0.25, 0.3) is 6.08 Å². The highest BCUT2D eigenvalue weighted by Gasteiger charge is 2.31. The fraction of sp³-hybridized carbons (Fsp3) is 0.250. The van der Waals surface area contributed by atoms with Gasteiger partial charge < -0.3 is 19.3 Å². The summed E-state index contributed by atoms with van der Waals surface area (Å²) in [4.78, 5) is 8.90. The number of sulfonamides is 1. The number of benzene rings is 2. The number of aliphatic hydroxyl groups excluding tert-OH is 1. The van der Waals surface area contributed by atoms with Crippen LogP contribution in [0.2, 0.25) is 0 Å². The molecule has 3 aromatic rings. The van der Waals surface area contributed by atoms with E-state index in [1.165, 1.54) is 13.2 Å². The standard InChI is InChI=1S/C24H25N3O6S/c1-31-19-9-5-6-10-20(19)33-21-23(25-22(18-11-12-18)26-24(21)32-15-14-28)27-34(29,30)16-13-17-7-3-2-4-8-17/h2-10,13,16,18,28H,11-12,14-15H2,1H3,(H,25,26,27)/b16-13+. The Hall–Kier alpha value is -3.63. The quantitative estimate of drug-likeness (QED) is 0.421. The molecule has 0 amide bonds. The topological polar surface area (TPSA) is 120 Å². The summed E-state index contributed by atoms with van der Waals surface area (Å²) in [6.45, 7) is -0.304. The van der Waals surface area contributed by atoms with Crippen LogP contribution >= 0.6 is 0 Å². The first-order chi connectivity index (χ1) is 16.5. The normalized spacial score (nSPS) is 13.6. The Kier molecular flexibility index (Phi) is 7.29. The molecular weight excluding hydrogens is 458 g/mol. The van der Waals surface area contributed by atoms with Crippen molar-refractivity contribution in [3.8, 4) is 23.1 Å². The Morgan fingerprint density at radius 1 is 1.06 bits per heavy atom. The van der Waals surface area contributed by atoms with Crippen molar-refractivity contribution < 1.29 is 27.7 Å². The van der Waals surface area contributed by atoms with Gasteiger partial charge in [0.05, 0.1) is 19.1 Å². The van der Waals surface area contributed by atoms with Crippen LogP contribution in [-0.2, 0) is 10.0 Å². The molecule has 1 heterocycles. The lowest BCUT2D eigenvalue weighted by atomic mass is 10.2. The van der Waals surface area contributed by atoms with Crippen molar-refractivity contribution in [1.82, 2.24) is 9.97 Å². The molecule has 0 aliphatic heterocycles. The molecule has 0 saturated heterocycles. The predicted molar refractivity (Wildman–Crippen MR) is 128 cm³/mol. The van der Waals surface area contributed by atoms with Crippen LogP contribution in [0.4, 0.5) is 5.82 Å². The van der Waals surface area contributed by atoms with Crippen LogP contribution in [0, 0.1) is 0 Å². The second kappa shape index (κ2) is 10.5. The van der Waals surface area contributed by atoms with Crippen LogP contribution in [-0.4, -0.2) is 43.8 Å². The van der Waals surface area contributed by atoms with Gasteiger partial charge in [-0.05, 0) is 36.6 Å². The Morgan fingerprint density at radius 3 is 2.44 bits per heavy atom. The lowest BCUT2D eigenvalue weighted by Gasteiger charge is -2.17. The van der Waals surface area contributed by atoms with Gasteiger partial charge in [0.1, 0.15) is 12.4 Å². The smallest absolute Gasteiger partial charge is 0.263 e. The van der Waals surface area contributed by atoms with Gasteiger partial charge in [-0.3, -0.25) is 4.72 Å². The van der Waals surface area contributed by atoms with Gasteiger partial charge in [0.15, 0.2) is 17.3 Å². The third kappa shape index (κ3) is 6.03. The lowest BCUT2D eigenvalue weighted by Crippen LogP contribution is -2.14. The van der Waals surface area contributed by atoms with Gasteiger partial charge >= 0.3 is 0 Å². The SMILES string of the molecule is COc1ccccc1Oc1c(NS(=O)(=O)/C=C/c2ccccc2)nc(C2CC2)nc1OCCO. The summed E-state index contributed by atoms with van der Waals surface area (Å²) < 4.78 is 45.3. The van der Waals surface area contributed by atoms with Crippen molar-refractivity contribution in [3.63, 3.8) is 0 Å². The molecule has 2 aromatic carbocycles. The third-order valence-electron chi connectivity index (χ3n) is 4.88. The van der Waals surface area contributed by atoms with Crippen molar-refractivity contribution in [1.29, 1.82) is 0 Å². The molecular formula is C24H25N3O6S. The van der Waals surface area contributed by atoms with E-state index in [0.717, 1.165) is 23.8 Å². The monoisotopic (exact) mass is 483 g/mol. The molecule has 1 fully saturated rings.